The zero-order valence-corrected chi connectivity index (χ0v) is 16.4. The number of nitriles is 1. The molecule has 0 saturated heterocycles. The monoisotopic (exact) mass is 397 g/mol. The second-order valence-corrected chi connectivity index (χ2v) is 6.48. The van der Waals surface area contributed by atoms with E-state index >= 15 is 0 Å². The van der Waals surface area contributed by atoms with Crippen LogP contribution < -0.4 is 10.1 Å². The van der Waals surface area contributed by atoms with E-state index in [1.54, 1.807) is 31.6 Å². The Morgan fingerprint density at radius 3 is 2.77 bits per heavy atom. The maximum atomic E-state index is 9.19. The van der Waals surface area contributed by atoms with Gasteiger partial charge in [-0.3, -0.25) is 4.98 Å². The fourth-order valence-corrected chi connectivity index (χ4v) is 2.96. The number of anilines is 2. The molecule has 2 aromatic carbocycles. The first-order valence-corrected chi connectivity index (χ1v) is 9.38. The van der Waals surface area contributed by atoms with Crippen molar-refractivity contribution in [3.8, 4) is 23.2 Å². The van der Waals surface area contributed by atoms with Crippen molar-refractivity contribution in [2.75, 3.05) is 25.6 Å². The Labute approximate surface area is 174 Å². The van der Waals surface area contributed by atoms with Crippen molar-refractivity contribution in [3.63, 3.8) is 0 Å². The summed E-state index contributed by atoms with van der Waals surface area (Å²) in [7, 11) is 1.63. The lowest BCUT2D eigenvalue weighted by Gasteiger charge is -2.13. The van der Waals surface area contributed by atoms with Crippen molar-refractivity contribution in [1.29, 1.82) is 5.26 Å². The summed E-state index contributed by atoms with van der Waals surface area (Å²) in [6.07, 6.45) is 3.43. The molecule has 0 atom stereocenters. The van der Waals surface area contributed by atoms with Gasteiger partial charge in [0.15, 0.2) is 5.82 Å². The van der Waals surface area contributed by atoms with Crippen LogP contribution in [0, 0.1) is 11.3 Å². The van der Waals surface area contributed by atoms with Gasteiger partial charge in [0, 0.05) is 36.1 Å². The highest BCUT2D eigenvalue weighted by Crippen LogP contribution is 2.30. The summed E-state index contributed by atoms with van der Waals surface area (Å²) < 4.78 is 10.8. The van der Waals surface area contributed by atoms with Gasteiger partial charge in [-0.1, -0.05) is 6.07 Å². The molecule has 0 fully saturated rings. The average molecular weight is 397 g/mol. The Balaban J connectivity index is 1.79. The van der Waals surface area contributed by atoms with Gasteiger partial charge < -0.3 is 14.8 Å². The zero-order valence-electron chi connectivity index (χ0n) is 16.4. The van der Waals surface area contributed by atoms with Crippen molar-refractivity contribution in [2.45, 2.75) is 0 Å². The SMILES string of the molecule is COCCOc1ccc2nc(-c3cccnc3)nc(Nc3cccc(C#N)c3)c2c1. The number of aromatic nitrogens is 3. The predicted octanol–water partition coefficient (Wildman–Crippen LogP) is 4.33. The molecule has 0 bridgehead atoms. The third-order valence-corrected chi connectivity index (χ3v) is 4.40. The molecular weight excluding hydrogens is 378 g/mol. The second-order valence-electron chi connectivity index (χ2n) is 6.48. The third-order valence-electron chi connectivity index (χ3n) is 4.40. The van der Waals surface area contributed by atoms with Gasteiger partial charge in [-0.05, 0) is 48.5 Å². The van der Waals surface area contributed by atoms with Gasteiger partial charge in [-0.2, -0.15) is 5.26 Å². The highest BCUT2D eigenvalue weighted by atomic mass is 16.5. The van der Waals surface area contributed by atoms with E-state index in [4.69, 9.17) is 19.4 Å². The minimum absolute atomic E-state index is 0.448. The second kappa shape index (κ2) is 8.99. The minimum Gasteiger partial charge on any atom is -0.491 e. The number of fused-ring (bicyclic) bond motifs is 1. The normalized spacial score (nSPS) is 10.5. The number of benzene rings is 2. The third kappa shape index (κ3) is 4.35. The summed E-state index contributed by atoms with van der Waals surface area (Å²) in [6, 6.07) is 18.8. The Hall–Kier alpha value is -4.02. The Kier molecular flexibility index (Phi) is 5.78. The lowest BCUT2D eigenvalue weighted by atomic mass is 10.1. The van der Waals surface area contributed by atoms with Gasteiger partial charge in [-0.15, -0.1) is 0 Å². The van der Waals surface area contributed by atoms with Gasteiger partial charge in [0.05, 0.1) is 23.8 Å². The number of hydrogen-bond acceptors (Lipinski definition) is 7. The molecule has 0 unspecified atom stereocenters. The van der Waals surface area contributed by atoms with Gasteiger partial charge in [-0.25, -0.2) is 9.97 Å². The predicted molar refractivity (Wildman–Crippen MR) is 115 cm³/mol. The molecule has 2 heterocycles. The maximum absolute atomic E-state index is 9.19. The van der Waals surface area contributed by atoms with Gasteiger partial charge in [0.25, 0.3) is 0 Å². The molecule has 4 aromatic rings. The summed E-state index contributed by atoms with van der Waals surface area (Å²) in [4.78, 5) is 13.6. The summed E-state index contributed by atoms with van der Waals surface area (Å²) in [5.41, 5.74) is 2.90. The van der Waals surface area contributed by atoms with Crippen molar-refractivity contribution >= 4 is 22.4 Å². The molecule has 2 aromatic heterocycles. The molecule has 0 spiro atoms. The maximum Gasteiger partial charge on any atom is 0.163 e. The Bertz CT molecular complexity index is 1210. The van der Waals surface area contributed by atoms with Crippen LogP contribution in [0.4, 0.5) is 11.5 Å². The zero-order chi connectivity index (χ0) is 20.8. The largest absolute Gasteiger partial charge is 0.491 e. The van der Waals surface area contributed by atoms with Crippen LogP contribution in [-0.2, 0) is 4.74 Å². The molecule has 7 nitrogen and oxygen atoms in total. The van der Waals surface area contributed by atoms with Crippen LogP contribution >= 0.6 is 0 Å². The van der Waals surface area contributed by atoms with E-state index in [9.17, 15) is 5.26 Å². The molecule has 0 aliphatic carbocycles. The molecule has 0 aliphatic rings. The molecule has 0 amide bonds. The first-order valence-electron chi connectivity index (χ1n) is 9.38. The number of nitrogens with one attached hydrogen (secondary N) is 1. The van der Waals surface area contributed by atoms with E-state index in [0.717, 1.165) is 22.2 Å². The molecule has 7 heteroatoms. The lowest BCUT2D eigenvalue weighted by molar-refractivity contribution is 0.146. The van der Waals surface area contributed by atoms with Gasteiger partial charge >= 0.3 is 0 Å². The molecule has 148 valence electrons. The fraction of sp³-hybridized carbons (Fsp3) is 0.130. The number of hydrogen-bond donors (Lipinski definition) is 1. The van der Waals surface area contributed by atoms with Gasteiger partial charge in [0.2, 0.25) is 0 Å². The molecule has 1 N–H and O–H groups in total. The lowest BCUT2D eigenvalue weighted by Crippen LogP contribution is -2.05. The van der Waals surface area contributed by atoms with Crippen LogP contribution in [0.15, 0.2) is 67.0 Å². The van der Waals surface area contributed by atoms with Crippen molar-refractivity contribution in [2.24, 2.45) is 0 Å². The van der Waals surface area contributed by atoms with E-state index in [0.29, 0.717) is 36.2 Å². The first-order chi connectivity index (χ1) is 14.8. The van der Waals surface area contributed by atoms with E-state index in [-0.39, 0.29) is 0 Å². The van der Waals surface area contributed by atoms with Gasteiger partial charge in [0.1, 0.15) is 18.2 Å². The molecule has 0 aliphatic heterocycles. The van der Waals surface area contributed by atoms with Crippen LogP contribution in [-0.4, -0.2) is 35.3 Å². The summed E-state index contributed by atoms with van der Waals surface area (Å²) >= 11 is 0. The number of rotatable bonds is 7. The molecule has 0 radical (unpaired) electrons. The fourth-order valence-electron chi connectivity index (χ4n) is 2.96. The van der Waals surface area contributed by atoms with Crippen LogP contribution in [0.1, 0.15) is 5.56 Å². The molecule has 30 heavy (non-hydrogen) atoms. The Morgan fingerprint density at radius 1 is 1.03 bits per heavy atom. The highest BCUT2D eigenvalue weighted by molar-refractivity contribution is 5.93. The number of pyridine rings is 1. The smallest absolute Gasteiger partial charge is 0.163 e. The number of ether oxygens (including phenoxy) is 2. The minimum atomic E-state index is 0.448. The van der Waals surface area contributed by atoms with Crippen molar-refractivity contribution in [3.05, 3.63) is 72.6 Å². The van der Waals surface area contributed by atoms with Crippen LogP contribution in [0.5, 0.6) is 5.75 Å². The highest BCUT2D eigenvalue weighted by Gasteiger charge is 2.12. The topological polar surface area (TPSA) is 92.9 Å². The summed E-state index contributed by atoms with van der Waals surface area (Å²) in [5, 5.41) is 13.3. The Morgan fingerprint density at radius 2 is 1.97 bits per heavy atom. The molecule has 0 saturated carbocycles. The van der Waals surface area contributed by atoms with E-state index in [1.165, 1.54) is 0 Å². The molecule has 4 rings (SSSR count). The first kappa shape index (κ1) is 19.3. The van der Waals surface area contributed by atoms with Crippen LogP contribution in [0.25, 0.3) is 22.3 Å². The van der Waals surface area contributed by atoms with Crippen LogP contribution in [0.2, 0.25) is 0 Å². The number of methoxy groups -OCH3 is 1. The van der Waals surface area contributed by atoms with Crippen LogP contribution in [0.3, 0.4) is 0 Å². The van der Waals surface area contributed by atoms with Crippen molar-refractivity contribution in [1.82, 2.24) is 15.0 Å². The van der Waals surface area contributed by atoms with E-state index < -0.39 is 0 Å². The molecular formula is C23H19N5O2. The van der Waals surface area contributed by atoms with Crippen molar-refractivity contribution < 1.29 is 9.47 Å². The summed E-state index contributed by atoms with van der Waals surface area (Å²) in [6.45, 7) is 0.949. The quantitative estimate of drug-likeness (QED) is 0.464. The van der Waals surface area contributed by atoms with E-state index in [2.05, 4.69) is 16.4 Å². The average Bonchev–Trinajstić information content (AvgIpc) is 2.80. The summed E-state index contributed by atoms with van der Waals surface area (Å²) in [5.74, 6) is 1.87. The number of nitrogens with zero attached hydrogens (tertiary/aromatic N) is 4. The standard InChI is InChI=1S/C23H19N5O2/c1-29-10-11-30-19-7-8-21-20(13-19)23(26-18-6-2-4-16(12-18)14-24)28-22(27-21)17-5-3-9-25-15-17/h2-9,12-13,15H,10-11H2,1H3,(H,26,27,28). The van der Waals surface area contributed by atoms with E-state index in [1.807, 2.05) is 42.5 Å².